The summed E-state index contributed by atoms with van der Waals surface area (Å²) in [6.45, 7) is 2.08. The third kappa shape index (κ3) is 4.22. The van der Waals surface area contributed by atoms with Gasteiger partial charge in [0.15, 0.2) is 0 Å². The van der Waals surface area contributed by atoms with E-state index in [9.17, 15) is 4.39 Å². The van der Waals surface area contributed by atoms with Gasteiger partial charge in [0.05, 0.1) is 7.11 Å². The van der Waals surface area contributed by atoms with Gasteiger partial charge in [-0.25, -0.2) is 4.39 Å². The lowest BCUT2D eigenvalue weighted by Gasteiger charge is -2.19. The number of hydrogen-bond donors (Lipinski definition) is 1. The summed E-state index contributed by atoms with van der Waals surface area (Å²) in [5, 5.41) is 3.24. The Kier molecular flexibility index (Phi) is 5.65. The second-order valence-electron chi connectivity index (χ2n) is 4.86. The molecule has 0 bridgehead atoms. The molecule has 0 saturated carbocycles. The van der Waals surface area contributed by atoms with Crippen LogP contribution in [-0.4, -0.2) is 19.9 Å². The molecule has 2 nitrogen and oxygen atoms in total. The van der Waals surface area contributed by atoms with Crippen molar-refractivity contribution in [2.45, 2.75) is 17.9 Å². The van der Waals surface area contributed by atoms with E-state index in [-0.39, 0.29) is 11.9 Å². The van der Waals surface area contributed by atoms with E-state index in [1.807, 2.05) is 7.05 Å². The van der Waals surface area contributed by atoms with Crippen LogP contribution in [0.25, 0.3) is 0 Å². The maximum Gasteiger partial charge on any atom is 0.123 e. The van der Waals surface area contributed by atoms with Crippen molar-refractivity contribution in [3.63, 3.8) is 0 Å². The normalized spacial score (nSPS) is 12.2. The SMILES string of the molecule is CNC(CSc1cccc(C)c1)c1cc(F)ccc1OC. The molecular formula is C17H20FNOS. The van der Waals surface area contributed by atoms with Crippen LogP contribution in [0.5, 0.6) is 5.75 Å². The Morgan fingerprint density at radius 1 is 1.24 bits per heavy atom. The van der Waals surface area contributed by atoms with Gasteiger partial charge in [0.25, 0.3) is 0 Å². The molecule has 0 saturated heterocycles. The van der Waals surface area contributed by atoms with Crippen LogP contribution in [0.2, 0.25) is 0 Å². The predicted molar refractivity (Wildman–Crippen MR) is 86.7 cm³/mol. The summed E-state index contributed by atoms with van der Waals surface area (Å²) in [5.41, 5.74) is 2.09. The van der Waals surface area contributed by atoms with Gasteiger partial charge in [0.2, 0.25) is 0 Å². The summed E-state index contributed by atoms with van der Waals surface area (Å²) in [5.74, 6) is 1.27. The molecule has 0 amide bonds. The molecule has 112 valence electrons. The fraction of sp³-hybridized carbons (Fsp3) is 0.294. The highest BCUT2D eigenvalue weighted by Crippen LogP contribution is 2.30. The number of nitrogens with one attached hydrogen (secondary N) is 1. The van der Waals surface area contributed by atoms with Crippen molar-refractivity contribution in [2.24, 2.45) is 0 Å². The number of methoxy groups -OCH3 is 1. The average Bonchev–Trinajstić information content (AvgIpc) is 2.48. The van der Waals surface area contributed by atoms with E-state index in [1.165, 1.54) is 22.6 Å². The first kappa shape index (κ1) is 15.9. The van der Waals surface area contributed by atoms with Crippen LogP contribution >= 0.6 is 11.8 Å². The monoisotopic (exact) mass is 305 g/mol. The molecule has 4 heteroatoms. The van der Waals surface area contributed by atoms with Crippen LogP contribution in [0.3, 0.4) is 0 Å². The molecule has 0 aromatic heterocycles. The van der Waals surface area contributed by atoms with E-state index in [0.717, 1.165) is 11.3 Å². The van der Waals surface area contributed by atoms with E-state index in [2.05, 4.69) is 36.5 Å². The van der Waals surface area contributed by atoms with Crippen LogP contribution < -0.4 is 10.1 Å². The van der Waals surface area contributed by atoms with Gasteiger partial charge in [0.1, 0.15) is 11.6 Å². The molecule has 2 rings (SSSR count). The van der Waals surface area contributed by atoms with Crippen molar-refractivity contribution >= 4 is 11.8 Å². The van der Waals surface area contributed by atoms with Gasteiger partial charge < -0.3 is 10.1 Å². The Morgan fingerprint density at radius 3 is 2.71 bits per heavy atom. The maximum atomic E-state index is 13.5. The second kappa shape index (κ2) is 7.48. The molecule has 2 aromatic rings. The minimum atomic E-state index is -0.244. The fourth-order valence-electron chi connectivity index (χ4n) is 2.19. The quantitative estimate of drug-likeness (QED) is 0.808. The third-order valence-corrected chi connectivity index (χ3v) is 4.41. The zero-order valence-electron chi connectivity index (χ0n) is 12.5. The zero-order valence-corrected chi connectivity index (χ0v) is 13.3. The lowest BCUT2D eigenvalue weighted by molar-refractivity contribution is 0.402. The van der Waals surface area contributed by atoms with Crippen LogP contribution in [0.4, 0.5) is 4.39 Å². The predicted octanol–water partition coefficient (Wildman–Crippen LogP) is 4.20. The Balaban J connectivity index is 2.15. The molecular weight excluding hydrogens is 285 g/mol. The van der Waals surface area contributed by atoms with Gasteiger partial charge >= 0.3 is 0 Å². The minimum Gasteiger partial charge on any atom is -0.496 e. The minimum absolute atomic E-state index is 0.0289. The van der Waals surface area contributed by atoms with Gasteiger partial charge in [-0.15, -0.1) is 11.8 Å². The molecule has 0 fully saturated rings. The zero-order chi connectivity index (χ0) is 15.2. The summed E-state index contributed by atoms with van der Waals surface area (Å²) in [6.07, 6.45) is 0. The molecule has 1 N–H and O–H groups in total. The third-order valence-electron chi connectivity index (χ3n) is 3.32. The number of aryl methyl sites for hydroxylation is 1. The van der Waals surface area contributed by atoms with E-state index >= 15 is 0 Å². The number of rotatable bonds is 6. The van der Waals surface area contributed by atoms with Gasteiger partial charge in [0, 0.05) is 22.3 Å². The summed E-state index contributed by atoms with van der Waals surface area (Å²) in [4.78, 5) is 1.21. The summed E-state index contributed by atoms with van der Waals surface area (Å²) < 4.78 is 18.8. The van der Waals surface area contributed by atoms with Gasteiger partial charge in [-0.1, -0.05) is 17.7 Å². The van der Waals surface area contributed by atoms with Crippen molar-refractivity contribution in [2.75, 3.05) is 19.9 Å². The molecule has 0 spiro atoms. The van der Waals surface area contributed by atoms with Gasteiger partial charge in [-0.05, 0) is 44.3 Å². The van der Waals surface area contributed by atoms with Gasteiger partial charge in [-0.2, -0.15) is 0 Å². The molecule has 2 aromatic carbocycles. The lowest BCUT2D eigenvalue weighted by Crippen LogP contribution is -2.19. The molecule has 21 heavy (non-hydrogen) atoms. The Labute approximate surface area is 129 Å². The lowest BCUT2D eigenvalue weighted by atomic mass is 10.1. The first-order chi connectivity index (χ1) is 10.1. The smallest absolute Gasteiger partial charge is 0.123 e. The van der Waals surface area contributed by atoms with E-state index in [4.69, 9.17) is 4.74 Å². The molecule has 0 aliphatic carbocycles. The largest absolute Gasteiger partial charge is 0.496 e. The molecule has 0 aliphatic rings. The standard InChI is InChI=1S/C17H20FNOS/c1-12-5-4-6-14(9-12)21-11-16(19-2)15-10-13(18)7-8-17(15)20-3/h4-10,16,19H,11H2,1-3H3. The highest BCUT2D eigenvalue weighted by Gasteiger charge is 2.15. The Hall–Kier alpha value is -1.52. The van der Waals surface area contributed by atoms with E-state index < -0.39 is 0 Å². The first-order valence-corrected chi connectivity index (χ1v) is 7.82. The average molecular weight is 305 g/mol. The molecule has 0 heterocycles. The van der Waals surface area contributed by atoms with Crippen LogP contribution in [0.1, 0.15) is 17.2 Å². The Morgan fingerprint density at radius 2 is 2.05 bits per heavy atom. The van der Waals surface area contributed by atoms with Crippen LogP contribution in [-0.2, 0) is 0 Å². The molecule has 0 aliphatic heterocycles. The number of benzene rings is 2. The molecule has 1 atom stereocenters. The van der Waals surface area contributed by atoms with Gasteiger partial charge in [-0.3, -0.25) is 0 Å². The number of thioether (sulfide) groups is 1. The van der Waals surface area contributed by atoms with Crippen molar-refractivity contribution in [1.82, 2.24) is 5.32 Å². The molecule has 1 unspecified atom stereocenters. The summed E-state index contributed by atoms with van der Waals surface area (Å²) in [7, 11) is 3.49. The van der Waals surface area contributed by atoms with E-state index in [1.54, 1.807) is 24.9 Å². The molecule has 0 radical (unpaired) electrons. The number of hydrogen-bond acceptors (Lipinski definition) is 3. The highest BCUT2D eigenvalue weighted by atomic mass is 32.2. The summed E-state index contributed by atoms with van der Waals surface area (Å²) >= 11 is 1.75. The van der Waals surface area contributed by atoms with Crippen molar-refractivity contribution in [1.29, 1.82) is 0 Å². The van der Waals surface area contributed by atoms with E-state index in [0.29, 0.717) is 5.75 Å². The van der Waals surface area contributed by atoms with Crippen LogP contribution in [0, 0.1) is 12.7 Å². The summed E-state index contributed by atoms with van der Waals surface area (Å²) in [6, 6.07) is 13.0. The van der Waals surface area contributed by atoms with Crippen LogP contribution in [0.15, 0.2) is 47.4 Å². The number of ether oxygens (including phenoxy) is 1. The Bertz CT molecular complexity index is 603. The highest BCUT2D eigenvalue weighted by molar-refractivity contribution is 7.99. The topological polar surface area (TPSA) is 21.3 Å². The first-order valence-electron chi connectivity index (χ1n) is 6.84. The fourth-order valence-corrected chi connectivity index (χ4v) is 3.34. The van der Waals surface area contributed by atoms with Crippen molar-refractivity contribution in [3.8, 4) is 5.75 Å². The number of halogens is 1. The second-order valence-corrected chi connectivity index (χ2v) is 5.95. The maximum absolute atomic E-state index is 13.5. The van der Waals surface area contributed by atoms with Crippen molar-refractivity contribution in [3.05, 3.63) is 59.4 Å². The van der Waals surface area contributed by atoms with Crippen molar-refractivity contribution < 1.29 is 9.13 Å².